The number of likely N-dealkylation sites (tertiary alicyclic amines) is 1. The van der Waals surface area contributed by atoms with Crippen LogP contribution in [0.15, 0.2) is 73.1 Å². The number of carbonyl (C=O) groups excluding carboxylic acids is 3. The Labute approximate surface area is 349 Å². The highest BCUT2D eigenvalue weighted by Gasteiger charge is 2.27. The van der Waals surface area contributed by atoms with Crippen molar-refractivity contribution >= 4 is 46.8 Å². The Kier molecular flexibility index (Phi) is 15.2. The number of nitrogens with zero attached hydrogens (tertiary/aromatic N) is 5. The van der Waals surface area contributed by atoms with Crippen LogP contribution in [0.3, 0.4) is 0 Å². The van der Waals surface area contributed by atoms with Crippen LogP contribution >= 0.6 is 11.6 Å². The van der Waals surface area contributed by atoms with Crippen molar-refractivity contribution in [1.82, 2.24) is 30.5 Å². The predicted octanol–water partition coefficient (Wildman–Crippen LogP) is 4.89. The van der Waals surface area contributed by atoms with Crippen LogP contribution in [0.25, 0.3) is 0 Å². The first-order chi connectivity index (χ1) is 28.5. The molecule has 2 fully saturated rings. The number of piperidine rings is 2. The van der Waals surface area contributed by atoms with Crippen LogP contribution in [0.2, 0.25) is 5.02 Å². The number of nitriles is 1. The van der Waals surface area contributed by atoms with E-state index in [0.717, 1.165) is 68.1 Å². The van der Waals surface area contributed by atoms with Crippen molar-refractivity contribution in [2.45, 2.75) is 57.6 Å². The Hall–Kier alpha value is -5.66. The first kappa shape index (κ1) is 42.9. The lowest BCUT2D eigenvalue weighted by Crippen LogP contribution is -2.47. The van der Waals surface area contributed by atoms with E-state index < -0.39 is 6.04 Å². The largest absolute Gasteiger partial charge is 0.487 e. The summed E-state index contributed by atoms with van der Waals surface area (Å²) in [5, 5.41) is 24.9. The summed E-state index contributed by atoms with van der Waals surface area (Å²) < 4.78 is 11.7. The van der Waals surface area contributed by atoms with E-state index in [9.17, 15) is 19.6 Å². The minimum absolute atomic E-state index is 0.0545. The molecule has 4 aromatic rings. The molecule has 0 radical (unpaired) electrons. The smallest absolute Gasteiger partial charge is 0.250 e. The van der Waals surface area contributed by atoms with Gasteiger partial charge >= 0.3 is 0 Å². The number of anilines is 3. The normalized spacial score (nSPS) is 16.2. The molecule has 310 valence electrons. The molecule has 15 nitrogen and oxygen atoms in total. The molecule has 4 heterocycles. The van der Waals surface area contributed by atoms with Crippen LogP contribution in [0.5, 0.6) is 5.75 Å². The molecule has 5 N–H and O–H groups in total. The number of carbonyl (C=O) groups is 3. The average Bonchev–Trinajstić information content (AvgIpc) is 3.23. The molecule has 2 aromatic carbocycles. The molecule has 3 amide bonds. The third-order valence-corrected chi connectivity index (χ3v) is 10.8. The second kappa shape index (κ2) is 20.9. The van der Waals surface area contributed by atoms with E-state index in [-0.39, 0.29) is 36.2 Å². The number of imide groups is 1. The van der Waals surface area contributed by atoms with Gasteiger partial charge in [0.1, 0.15) is 30.8 Å². The number of amides is 3. The zero-order valence-corrected chi connectivity index (χ0v) is 34.2. The van der Waals surface area contributed by atoms with Gasteiger partial charge in [-0.3, -0.25) is 19.7 Å². The Bertz CT molecular complexity index is 2090. The summed E-state index contributed by atoms with van der Waals surface area (Å²) in [5.41, 5.74) is 3.53. The second-order valence-corrected chi connectivity index (χ2v) is 15.7. The number of benzene rings is 2. The fraction of sp³-hybridized carbons (Fsp3) is 0.419. The lowest BCUT2D eigenvalue weighted by atomic mass is 9.78. The fourth-order valence-corrected chi connectivity index (χ4v) is 7.21. The van der Waals surface area contributed by atoms with Crippen molar-refractivity contribution in [3.8, 4) is 11.8 Å². The van der Waals surface area contributed by atoms with Crippen molar-refractivity contribution < 1.29 is 23.9 Å². The molecule has 0 bridgehead atoms. The highest BCUT2D eigenvalue weighted by Crippen LogP contribution is 2.34. The number of pyridine rings is 1. The molecular formula is C43H51ClN10O5. The van der Waals surface area contributed by atoms with Gasteiger partial charge in [-0.05, 0) is 104 Å². The van der Waals surface area contributed by atoms with Gasteiger partial charge in [-0.15, -0.1) is 0 Å². The highest BCUT2D eigenvalue weighted by molar-refractivity contribution is 6.30. The van der Waals surface area contributed by atoms with Gasteiger partial charge in [0.15, 0.2) is 0 Å². The maximum Gasteiger partial charge on any atom is 0.250 e. The fourth-order valence-electron chi connectivity index (χ4n) is 6.97. The topological polar surface area (TPSA) is 196 Å². The highest BCUT2D eigenvalue weighted by atomic mass is 35.5. The Balaban J connectivity index is 0.801. The lowest BCUT2D eigenvalue weighted by molar-refractivity contribution is -0.133. The van der Waals surface area contributed by atoms with E-state index in [1.807, 2.05) is 42.5 Å². The number of ether oxygens (including phenoxy) is 2. The second-order valence-electron chi connectivity index (χ2n) is 15.2. The van der Waals surface area contributed by atoms with Gasteiger partial charge in [-0.25, -0.2) is 15.0 Å². The van der Waals surface area contributed by atoms with E-state index in [0.29, 0.717) is 60.1 Å². The van der Waals surface area contributed by atoms with E-state index >= 15 is 0 Å². The monoisotopic (exact) mass is 822 g/mol. The standard InChI is InChI=1S/C43H51ClN10O5/c1-43(2,32-21-30(24-45)22-33(44)23-32)31-3-6-36(7-4-31)59-27-35-11-14-47-42(51-35)48-16-15-46-25-29-12-17-54(18-13-29)19-20-58-28-40(56)50-34-5-9-38(49-26-34)52-37-8-10-39(55)53-41(37)57/h3-7,9,11,14,21-23,26,29,37,46H,8,10,12-13,15-20,25,27-28H2,1-2H3,(H,49,52)(H,50,56)(H,47,48,51)(H,53,55,57). The van der Waals surface area contributed by atoms with Crippen molar-refractivity contribution in [1.29, 1.82) is 5.26 Å². The Morgan fingerprint density at radius 3 is 2.58 bits per heavy atom. The summed E-state index contributed by atoms with van der Waals surface area (Å²) in [6.45, 7) is 10.1. The molecule has 1 atom stereocenters. The number of rotatable bonds is 19. The van der Waals surface area contributed by atoms with Crippen LogP contribution in [-0.2, 0) is 31.1 Å². The van der Waals surface area contributed by atoms with Gasteiger partial charge in [0.05, 0.1) is 35.8 Å². The van der Waals surface area contributed by atoms with Gasteiger partial charge in [-0.1, -0.05) is 37.6 Å². The van der Waals surface area contributed by atoms with Crippen LogP contribution in [0.1, 0.15) is 61.9 Å². The van der Waals surface area contributed by atoms with Gasteiger partial charge in [0, 0.05) is 42.7 Å². The SMILES string of the molecule is CC(C)(c1ccc(OCc2ccnc(NCCNCC3CCN(CCOCC(=O)Nc4ccc(NC5CCC(=O)NC5=O)nc4)CC3)n2)cc1)c1cc(Cl)cc(C#N)c1. The van der Waals surface area contributed by atoms with E-state index in [1.54, 1.807) is 24.4 Å². The minimum Gasteiger partial charge on any atom is -0.487 e. The summed E-state index contributed by atoms with van der Waals surface area (Å²) in [6.07, 6.45) is 6.11. The molecule has 2 aliphatic heterocycles. The lowest BCUT2D eigenvalue weighted by Gasteiger charge is -2.32. The van der Waals surface area contributed by atoms with Crippen LogP contribution in [0.4, 0.5) is 17.5 Å². The van der Waals surface area contributed by atoms with Crippen LogP contribution in [-0.4, -0.2) is 96.1 Å². The molecule has 0 aliphatic carbocycles. The Morgan fingerprint density at radius 2 is 1.83 bits per heavy atom. The van der Waals surface area contributed by atoms with Gasteiger partial charge in [-0.2, -0.15) is 5.26 Å². The van der Waals surface area contributed by atoms with E-state index in [4.69, 9.17) is 21.1 Å². The predicted molar refractivity (Wildman–Crippen MR) is 225 cm³/mol. The number of nitrogens with one attached hydrogen (secondary N) is 5. The molecule has 2 aliphatic rings. The third kappa shape index (κ3) is 12.9. The maximum absolute atomic E-state index is 12.4. The van der Waals surface area contributed by atoms with Crippen molar-refractivity contribution in [3.63, 3.8) is 0 Å². The molecule has 16 heteroatoms. The minimum atomic E-state index is -0.522. The van der Waals surface area contributed by atoms with E-state index in [2.05, 4.69) is 66.4 Å². The quantitative estimate of drug-likeness (QED) is 0.0635. The average molecular weight is 823 g/mol. The van der Waals surface area contributed by atoms with Crippen molar-refractivity contribution in [2.75, 3.05) is 68.4 Å². The molecule has 6 rings (SSSR count). The number of halogens is 1. The number of hydrogen-bond acceptors (Lipinski definition) is 13. The first-order valence-electron chi connectivity index (χ1n) is 19.9. The summed E-state index contributed by atoms with van der Waals surface area (Å²) in [6, 6.07) is 20.3. The zero-order valence-electron chi connectivity index (χ0n) is 33.4. The third-order valence-electron chi connectivity index (χ3n) is 10.5. The van der Waals surface area contributed by atoms with Crippen LogP contribution in [0, 0.1) is 17.2 Å². The molecule has 0 spiro atoms. The molecule has 2 saturated heterocycles. The molecule has 2 aromatic heterocycles. The molecule has 1 unspecified atom stereocenters. The summed E-state index contributed by atoms with van der Waals surface area (Å²) in [4.78, 5) is 51.2. The zero-order chi connectivity index (χ0) is 41.6. The van der Waals surface area contributed by atoms with Crippen LogP contribution < -0.4 is 31.3 Å². The summed E-state index contributed by atoms with van der Waals surface area (Å²) in [7, 11) is 0. The Morgan fingerprint density at radius 1 is 1.02 bits per heavy atom. The molecule has 59 heavy (non-hydrogen) atoms. The summed E-state index contributed by atoms with van der Waals surface area (Å²) >= 11 is 6.27. The van der Waals surface area contributed by atoms with Gasteiger partial charge in [0.2, 0.25) is 23.7 Å². The molecule has 0 saturated carbocycles. The maximum atomic E-state index is 12.4. The molecular weight excluding hydrogens is 772 g/mol. The first-order valence-corrected chi connectivity index (χ1v) is 20.3. The number of aromatic nitrogens is 3. The van der Waals surface area contributed by atoms with Crippen molar-refractivity contribution in [3.05, 3.63) is 100 Å². The number of hydrogen-bond donors (Lipinski definition) is 5. The van der Waals surface area contributed by atoms with Gasteiger partial charge in [0.25, 0.3) is 0 Å². The summed E-state index contributed by atoms with van der Waals surface area (Å²) in [5.74, 6) is 1.46. The van der Waals surface area contributed by atoms with Crippen molar-refractivity contribution in [2.24, 2.45) is 5.92 Å². The van der Waals surface area contributed by atoms with Gasteiger partial charge < -0.3 is 35.6 Å². The van der Waals surface area contributed by atoms with E-state index in [1.165, 1.54) is 6.20 Å².